The van der Waals surface area contributed by atoms with Crippen LogP contribution < -0.4 is 11.1 Å². The molecule has 7 heteroatoms. The van der Waals surface area contributed by atoms with Crippen LogP contribution in [-0.4, -0.2) is 47.0 Å². The first-order valence-corrected chi connectivity index (χ1v) is 6.14. The summed E-state index contributed by atoms with van der Waals surface area (Å²) in [6.45, 7) is 4.23. The smallest absolute Gasteiger partial charge is 0.326 e. The highest BCUT2D eigenvalue weighted by atomic mass is 16.4. The second-order valence-electron chi connectivity index (χ2n) is 4.55. The molecule has 1 aliphatic rings. The first-order valence-electron chi connectivity index (χ1n) is 6.14. The molecule has 0 aromatic carbocycles. The quantitative estimate of drug-likeness (QED) is 0.606. The van der Waals surface area contributed by atoms with Gasteiger partial charge in [0.05, 0.1) is 5.92 Å². The molecule has 0 bridgehead atoms. The van der Waals surface area contributed by atoms with Gasteiger partial charge in [0.25, 0.3) is 0 Å². The lowest BCUT2D eigenvalue weighted by Gasteiger charge is -2.31. The number of primary amides is 1. The van der Waals surface area contributed by atoms with E-state index in [-0.39, 0.29) is 18.9 Å². The highest BCUT2D eigenvalue weighted by Crippen LogP contribution is 2.16. The van der Waals surface area contributed by atoms with E-state index in [4.69, 9.17) is 10.8 Å². The van der Waals surface area contributed by atoms with Crippen molar-refractivity contribution in [1.82, 2.24) is 10.2 Å². The lowest BCUT2D eigenvalue weighted by molar-refractivity contribution is -0.142. The molecule has 0 radical (unpaired) electrons. The Bertz CT molecular complexity index is 383. The molecule has 0 aliphatic carbocycles. The van der Waals surface area contributed by atoms with Crippen LogP contribution in [-0.2, 0) is 9.59 Å². The summed E-state index contributed by atoms with van der Waals surface area (Å²) >= 11 is 0. The topological polar surface area (TPSA) is 113 Å². The SMILES string of the molecule is C=CCC(NC(=O)C1CCCN(C(N)=O)C1)C(=O)O. The molecule has 2 unspecified atom stereocenters. The van der Waals surface area contributed by atoms with Crippen LogP contribution in [0.25, 0.3) is 0 Å². The summed E-state index contributed by atoms with van der Waals surface area (Å²) in [5.74, 6) is -1.87. The van der Waals surface area contributed by atoms with Gasteiger partial charge in [-0.1, -0.05) is 6.08 Å². The molecule has 7 nitrogen and oxygen atoms in total. The average molecular weight is 269 g/mol. The van der Waals surface area contributed by atoms with Crippen molar-refractivity contribution >= 4 is 17.9 Å². The zero-order chi connectivity index (χ0) is 14.4. The largest absolute Gasteiger partial charge is 0.480 e. The average Bonchev–Trinajstić information content (AvgIpc) is 2.38. The molecule has 0 aromatic rings. The summed E-state index contributed by atoms with van der Waals surface area (Å²) in [6, 6.07) is -1.53. The van der Waals surface area contributed by atoms with Crippen molar-refractivity contribution in [3.8, 4) is 0 Å². The standard InChI is InChI=1S/C12H19N3O4/c1-2-4-9(11(17)18)14-10(16)8-5-3-6-15(7-8)12(13)19/h2,8-9H,1,3-7H2,(H2,13,19)(H,14,16)(H,17,18). The van der Waals surface area contributed by atoms with E-state index >= 15 is 0 Å². The summed E-state index contributed by atoms with van der Waals surface area (Å²) in [4.78, 5) is 35.4. The molecule has 1 heterocycles. The molecule has 4 N–H and O–H groups in total. The molecule has 1 fully saturated rings. The van der Waals surface area contributed by atoms with E-state index in [1.807, 2.05) is 0 Å². The summed E-state index contributed by atoms with van der Waals surface area (Å²) in [7, 11) is 0. The molecule has 19 heavy (non-hydrogen) atoms. The molecule has 0 saturated carbocycles. The van der Waals surface area contributed by atoms with Gasteiger partial charge in [-0.25, -0.2) is 9.59 Å². The maximum atomic E-state index is 12.0. The van der Waals surface area contributed by atoms with Crippen molar-refractivity contribution in [3.63, 3.8) is 0 Å². The Balaban J connectivity index is 2.58. The van der Waals surface area contributed by atoms with Crippen LogP contribution in [0.3, 0.4) is 0 Å². The Hall–Kier alpha value is -2.05. The molecule has 1 aliphatic heterocycles. The minimum Gasteiger partial charge on any atom is -0.480 e. The van der Waals surface area contributed by atoms with Gasteiger partial charge in [-0.05, 0) is 19.3 Å². The zero-order valence-electron chi connectivity index (χ0n) is 10.7. The third kappa shape index (κ3) is 4.27. The van der Waals surface area contributed by atoms with Crippen molar-refractivity contribution in [2.75, 3.05) is 13.1 Å². The molecule has 2 atom stereocenters. The van der Waals surface area contributed by atoms with E-state index in [0.717, 1.165) is 0 Å². The number of hydrogen-bond acceptors (Lipinski definition) is 3. The molecular formula is C12H19N3O4. The first-order chi connectivity index (χ1) is 8.95. The minimum absolute atomic E-state index is 0.160. The number of carboxylic acids is 1. The molecule has 0 aromatic heterocycles. The van der Waals surface area contributed by atoms with Gasteiger partial charge in [0, 0.05) is 13.1 Å². The number of urea groups is 1. The molecule has 1 saturated heterocycles. The maximum Gasteiger partial charge on any atom is 0.326 e. The second-order valence-corrected chi connectivity index (χ2v) is 4.55. The van der Waals surface area contributed by atoms with Crippen molar-refractivity contribution < 1.29 is 19.5 Å². The summed E-state index contributed by atoms with van der Waals surface area (Å²) in [5, 5.41) is 11.4. The summed E-state index contributed by atoms with van der Waals surface area (Å²) < 4.78 is 0. The summed E-state index contributed by atoms with van der Waals surface area (Å²) in [6.07, 6.45) is 2.90. The second kappa shape index (κ2) is 6.77. The molecule has 106 valence electrons. The third-order valence-electron chi connectivity index (χ3n) is 3.12. The fourth-order valence-corrected chi connectivity index (χ4v) is 2.07. The molecule has 1 rings (SSSR count). The number of rotatable bonds is 5. The minimum atomic E-state index is -1.10. The van der Waals surface area contributed by atoms with E-state index in [0.29, 0.717) is 19.4 Å². The van der Waals surface area contributed by atoms with Crippen LogP contribution in [0.2, 0.25) is 0 Å². The van der Waals surface area contributed by atoms with Crippen molar-refractivity contribution in [3.05, 3.63) is 12.7 Å². The van der Waals surface area contributed by atoms with Crippen LogP contribution in [0.5, 0.6) is 0 Å². The first kappa shape index (κ1) is 15.0. The number of likely N-dealkylation sites (tertiary alicyclic amines) is 1. The van der Waals surface area contributed by atoms with Crippen LogP contribution in [0.4, 0.5) is 4.79 Å². The number of carbonyl (C=O) groups excluding carboxylic acids is 2. The van der Waals surface area contributed by atoms with E-state index in [9.17, 15) is 14.4 Å². The lowest BCUT2D eigenvalue weighted by atomic mass is 9.97. The highest BCUT2D eigenvalue weighted by molar-refractivity contribution is 5.85. The molecular weight excluding hydrogens is 250 g/mol. The van der Waals surface area contributed by atoms with Gasteiger partial charge < -0.3 is 21.1 Å². The fourth-order valence-electron chi connectivity index (χ4n) is 2.07. The van der Waals surface area contributed by atoms with Crippen LogP contribution in [0.15, 0.2) is 12.7 Å². The number of amides is 3. The number of piperidine rings is 1. The Kier molecular flexibility index (Phi) is 5.35. The van der Waals surface area contributed by atoms with E-state index < -0.39 is 24.0 Å². The number of nitrogens with two attached hydrogens (primary N) is 1. The van der Waals surface area contributed by atoms with Crippen LogP contribution in [0, 0.1) is 5.92 Å². The predicted molar refractivity (Wildman–Crippen MR) is 68.3 cm³/mol. The van der Waals surface area contributed by atoms with Crippen molar-refractivity contribution in [2.24, 2.45) is 11.7 Å². The number of nitrogens with zero attached hydrogens (tertiary/aromatic N) is 1. The number of hydrogen-bond donors (Lipinski definition) is 3. The predicted octanol–water partition coefficient (Wildman–Crippen LogP) is -0.0774. The van der Waals surface area contributed by atoms with Gasteiger partial charge in [-0.2, -0.15) is 0 Å². The van der Waals surface area contributed by atoms with E-state index in [1.54, 1.807) is 0 Å². The van der Waals surface area contributed by atoms with Gasteiger partial charge in [0.1, 0.15) is 6.04 Å². The van der Waals surface area contributed by atoms with E-state index in [1.165, 1.54) is 11.0 Å². The van der Waals surface area contributed by atoms with Crippen molar-refractivity contribution in [2.45, 2.75) is 25.3 Å². The van der Waals surface area contributed by atoms with Crippen LogP contribution >= 0.6 is 0 Å². The number of nitrogens with one attached hydrogen (secondary N) is 1. The third-order valence-corrected chi connectivity index (χ3v) is 3.12. The number of aliphatic carboxylic acids is 1. The Morgan fingerprint density at radius 2 is 2.21 bits per heavy atom. The lowest BCUT2D eigenvalue weighted by Crippen LogP contribution is -2.50. The molecule has 3 amide bonds. The molecule has 0 spiro atoms. The fraction of sp³-hybridized carbons (Fsp3) is 0.583. The monoisotopic (exact) mass is 269 g/mol. The highest BCUT2D eigenvalue weighted by Gasteiger charge is 2.29. The Morgan fingerprint density at radius 3 is 2.74 bits per heavy atom. The van der Waals surface area contributed by atoms with Gasteiger partial charge >= 0.3 is 12.0 Å². The van der Waals surface area contributed by atoms with Crippen LogP contribution in [0.1, 0.15) is 19.3 Å². The van der Waals surface area contributed by atoms with Gasteiger partial charge in [-0.15, -0.1) is 6.58 Å². The van der Waals surface area contributed by atoms with Gasteiger partial charge in [0.15, 0.2) is 0 Å². The zero-order valence-corrected chi connectivity index (χ0v) is 10.7. The summed E-state index contributed by atoms with van der Waals surface area (Å²) in [5.41, 5.74) is 5.17. The number of carboxylic acid groups (broad SMARTS) is 1. The maximum absolute atomic E-state index is 12.0. The van der Waals surface area contributed by atoms with Gasteiger partial charge in [-0.3, -0.25) is 4.79 Å². The van der Waals surface area contributed by atoms with E-state index in [2.05, 4.69) is 11.9 Å². The van der Waals surface area contributed by atoms with Crippen molar-refractivity contribution in [1.29, 1.82) is 0 Å². The van der Waals surface area contributed by atoms with Gasteiger partial charge in [0.2, 0.25) is 5.91 Å². The Morgan fingerprint density at radius 1 is 1.53 bits per heavy atom. The normalized spacial score (nSPS) is 20.4. The number of carbonyl (C=O) groups is 3. The Labute approximate surface area is 111 Å².